The van der Waals surface area contributed by atoms with Crippen LogP contribution < -0.4 is 5.73 Å². The average molecular weight is 290 g/mol. The van der Waals surface area contributed by atoms with Gasteiger partial charge in [-0.25, -0.2) is 0 Å². The highest BCUT2D eigenvalue weighted by molar-refractivity contribution is 5.83. The Kier molecular flexibility index (Phi) is 4.34. The lowest BCUT2D eigenvalue weighted by atomic mass is 9.84. The number of benzene rings is 1. The first kappa shape index (κ1) is 15.5. The molecular weight excluding hydrogens is 268 g/mol. The van der Waals surface area contributed by atoms with E-state index in [-0.39, 0.29) is 6.42 Å². The second-order valence-electron chi connectivity index (χ2n) is 6.19. The molecule has 0 aliphatic carbocycles. The minimum absolute atomic E-state index is 0.131. The number of carboxylic acid groups (broad SMARTS) is 1. The van der Waals surface area contributed by atoms with Gasteiger partial charge in [0.15, 0.2) is 0 Å². The molecule has 2 atom stereocenters. The Morgan fingerprint density at radius 2 is 2.05 bits per heavy atom. The summed E-state index contributed by atoms with van der Waals surface area (Å²) in [5, 5.41) is 20.4. The molecule has 1 unspecified atom stereocenters. The number of carbonyl (C=O) groups is 1. The fourth-order valence-electron chi connectivity index (χ4n) is 2.45. The summed E-state index contributed by atoms with van der Waals surface area (Å²) in [7, 11) is 0. The number of carboxylic acids is 1. The van der Waals surface area contributed by atoms with Crippen molar-refractivity contribution in [3.63, 3.8) is 0 Å². The first-order valence-corrected chi connectivity index (χ1v) is 7.03. The number of aliphatic carboxylic acids is 1. The van der Waals surface area contributed by atoms with Crippen LogP contribution in [0.15, 0.2) is 30.5 Å². The van der Waals surface area contributed by atoms with Gasteiger partial charge in [-0.1, -0.05) is 18.2 Å². The zero-order valence-corrected chi connectivity index (χ0v) is 12.3. The van der Waals surface area contributed by atoms with Gasteiger partial charge in [0.2, 0.25) is 0 Å². The van der Waals surface area contributed by atoms with Crippen LogP contribution in [0.3, 0.4) is 0 Å². The van der Waals surface area contributed by atoms with E-state index in [2.05, 4.69) is 4.98 Å². The molecule has 0 aliphatic rings. The van der Waals surface area contributed by atoms with Crippen molar-refractivity contribution in [3.05, 3.63) is 36.0 Å². The summed E-state index contributed by atoms with van der Waals surface area (Å²) in [5.74, 6) is -0.930. The zero-order valence-electron chi connectivity index (χ0n) is 12.3. The number of aliphatic hydroxyl groups excluding tert-OH is 1. The number of hydrogen-bond acceptors (Lipinski definition) is 3. The summed E-state index contributed by atoms with van der Waals surface area (Å²) < 4.78 is 0. The van der Waals surface area contributed by atoms with Gasteiger partial charge in [0.1, 0.15) is 0 Å². The molecule has 5 nitrogen and oxygen atoms in total. The van der Waals surface area contributed by atoms with E-state index in [9.17, 15) is 9.90 Å². The lowest BCUT2D eigenvalue weighted by Crippen LogP contribution is -2.41. The molecule has 0 bridgehead atoms. The number of aromatic amines is 1. The molecule has 114 valence electrons. The van der Waals surface area contributed by atoms with Crippen molar-refractivity contribution in [2.45, 2.75) is 38.8 Å². The molecule has 0 spiro atoms. The largest absolute Gasteiger partial charge is 0.481 e. The molecule has 0 radical (unpaired) electrons. The predicted octanol–water partition coefficient (Wildman–Crippen LogP) is 1.90. The minimum atomic E-state index is -0.989. The first-order valence-electron chi connectivity index (χ1n) is 7.03. The lowest BCUT2D eigenvalue weighted by Gasteiger charge is -2.26. The zero-order chi connectivity index (χ0) is 15.6. The van der Waals surface area contributed by atoms with Crippen LogP contribution in [0.5, 0.6) is 0 Å². The molecule has 0 saturated carbocycles. The maximum Gasteiger partial charge on any atom is 0.309 e. The fraction of sp³-hybridized carbons (Fsp3) is 0.438. The summed E-state index contributed by atoms with van der Waals surface area (Å²) >= 11 is 0. The number of para-hydroxylation sites is 1. The minimum Gasteiger partial charge on any atom is -0.481 e. The Bertz CT molecular complexity index is 633. The number of aliphatic hydroxyl groups is 1. The van der Waals surface area contributed by atoms with Crippen molar-refractivity contribution < 1.29 is 15.0 Å². The molecule has 0 aliphatic heterocycles. The predicted molar refractivity (Wildman–Crippen MR) is 82.0 cm³/mol. The van der Waals surface area contributed by atoms with Gasteiger partial charge in [-0.05, 0) is 38.3 Å². The standard InChI is InChI=1S/C16H22N2O3/c1-16(2,15(20)21)8-14(19)12(17)7-10-9-18-13-6-4-3-5-11(10)13/h3-6,9,12,14,18-19H,7-8,17H2,1-2H3,(H,20,21)/t12?,14-/m1/s1. The van der Waals surface area contributed by atoms with Crippen LogP contribution in [-0.4, -0.2) is 33.3 Å². The molecular formula is C16H22N2O3. The Morgan fingerprint density at radius 1 is 1.38 bits per heavy atom. The van der Waals surface area contributed by atoms with E-state index in [1.54, 1.807) is 13.8 Å². The Labute approximate surface area is 123 Å². The summed E-state index contributed by atoms with van der Waals surface area (Å²) in [5.41, 5.74) is 7.12. The van der Waals surface area contributed by atoms with Gasteiger partial charge >= 0.3 is 5.97 Å². The Balaban J connectivity index is 2.07. The molecule has 1 aromatic heterocycles. The fourth-order valence-corrected chi connectivity index (χ4v) is 2.45. The third-order valence-corrected chi connectivity index (χ3v) is 3.92. The molecule has 1 heterocycles. The lowest BCUT2D eigenvalue weighted by molar-refractivity contribution is -0.148. The van der Waals surface area contributed by atoms with Gasteiger partial charge in [-0.15, -0.1) is 0 Å². The average Bonchev–Trinajstić information content (AvgIpc) is 2.81. The van der Waals surface area contributed by atoms with E-state index < -0.39 is 23.5 Å². The van der Waals surface area contributed by atoms with Crippen molar-refractivity contribution in [2.75, 3.05) is 0 Å². The molecule has 5 heteroatoms. The number of fused-ring (bicyclic) bond motifs is 1. The number of nitrogens with one attached hydrogen (secondary N) is 1. The van der Waals surface area contributed by atoms with Crippen LogP contribution in [0, 0.1) is 5.41 Å². The van der Waals surface area contributed by atoms with Gasteiger partial charge in [0.05, 0.1) is 11.5 Å². The van der Waals surface area contributed by atoms with Crippen LogP contribution >= 0.6 is 0 Å². The number of aromatic nitrogens is 1. The number of rotatable bonds is 6. The number of H-pyrrole nitrogens is 1. The quantitative estimate of drug-likeness (QED) is 0.653. The van der Waals surface area contributed by atoms with Gasteiger partial charge in [-0.3, -0.25) is 4.79 Å². The number of hydrogen-bond donors (Lipinski definition) is 4. The van der Waals surface area contributed by atoms with E-state index >= 15 is 0 Å². The summed E-state index contributed by atoms with van der Waals surface area (Å²) in [6.07, 6.45) is 1.66. The van der Waals surface area contributed by atoms with E-state index in [0.717, 1.165) is 16.5 Å². The molecule has 0 amide bonds. The monoisotopic (exact) mass is 290 g/mol. The van der Waals surface area contributed by atoms with Gasteiger partial charge in [-0.2, -0.15) is 0 Å². The van der Waals surface area contributed by atoms with Crippen molar-refractivity contribution >= 4 is 16.9 Å². The highest BCUT2D eigenvalue weighted by Crippen LogP contribution is 2.25. The molecule has 1 aromatic carbocycles. The van der Waals surface area contributed by atoms with Gasteiger partial charge in [0.25, 0.3) is 0 Å². The second-order valence-corrected chi connectivity index (χ2v) is 6.19. The van der Waals surface area contributed by atoms with E-state index in [4.69, 9.17) is 10.8 Å². The molecule has 2 rings (SSSR count). The molecule has 0 fully saturated rings. The van der Waals surface area contributed by atoms with Crippen LogP contribution in [0.2, 0.25) is 0 Å². The van der Waals surface area contributed by atoms with Crippen molar-refractivity contribution in [1.82, 2.24) is 4.98 Å². The van der Waals surface area contributed by atoms with E-state index in [1.807, 2.05) is 30.5 Å². The van der Waals surface area contributed by atoms with Gasteiger partial charge < -0.3 is 20.9 Å². The van der Waals surface area contributed by atoms with Crippen molar-refractivity contribution in [2.24, 2.45) is 11.1 Å². The summed E-state index contributed by atoms with van der Waals surface area (Å²) in [4.78, 5) is 14.3. The summed E-state index contributed by atoms with van der Waals surface area (Å²) in [6, 6.07) is 7.39. The smallest absolute Gasteiger partial charge is 0.309 e. The van der Waals surface area contributed by atoms with E-state index in [1.165, 1.54) is 0 Å². The third kappa shape index (κ3) is 3.43. The second kappa shape index (κ2) is 5.87. The summed E-state index contributed by atoms with van der Waals surface area (Å²) in [6.45, 7) is 3.19. The van der Waals surface area contributed by atoms with Crippen LogP contribution in [0.25, 0.3) is 10.9 Å². The van der Waals surface area contributed by atoms with Crippen LogP contribution in [-0.2, 0) is 11.2 Å². The molecule has 0 saturated heterocycles. The topological polar surface area (TPSA) is 99.3 Å². The van der Waals surface area contributed by atoms with Gasteiger partial charge in [0, 0.05) is 23.1 Å². The normalized spacial score (nSPS) is 15.0. The highest BCUT2D eigenvalue weighted by Gasteiger charge is 2.32. The molecule has 21 heavy (non-hydrogen) atoms. The van der Waals surface area contributed by atoms with Crippen molar-refractivity contribution in [1.29, 1.82) is 0 Å². The SMILES string of the molecule is CC(C)(C[C@@H](O)C(N)Cc1c[nH]c2ccccc12)C(=O)O. The van der Waals surface area contributed by atoms with Crippen LogP contribution in [0.1, 0.15) is 25.8 Å². The number of nitrogens with two attached hydrogens (primary N) is 1. The molecule has 2 aromatic rings. The maximum atomic E-state index is 11.1. The Hall–Kier alpha value is -1.85. The maximum absolute atomic E-state index is 11.1. The first-order chi connectivity index (χ1) is 9.81. The molecule has 5 N–H and O–H groups in total. The van der Waals surface area contributed by atoms with Crippen LogP contribution in [0.4, 0.5) is 0 Å². The third-order valence-electron chi connectivity index (χ3n) is 3.92. The Morgan fingerprint density at radius 3 is 2.71 bits per heavy atom. The van der Waals surface area contributed by atoms with Crippen molar-refractivity contribution in [3.8, 4) is 0 Å². The highest BCUT2D eigenvalue weighted by atomic mass is 16.4. The van der Waals surface area contributed by atoms with E-state index in [0.29, 0.717) is 6.42 Å².